The minimum atomic E-state index is -0.863. The molecule has 2 aliphatic rings. The fraction of sp³-hybridized carbons (Fsp3) is 0.239. The van der Waals surface area contributed by atoms with E-state index in [1.54, 1.807) is 0 Å². The number of hydrogen-bond acceptors (Lipinski definition) is 3. The predicted molar refractivity (Wildman–Crippen MR) is 324 cm³/mol. The fourth-order valence-electron chi connectivity index (χ4n) is 12.1. The molecule has 0 unspecified atom stereocenters. The molecule has 12 rings (SSSR count). The molecule has 10 aromatic rings. The largest absolute Gasteiger partial charge is 0.454 e. The molecule has 2 aliphatic carbocycles. The maximum absolute atomic E-state index is 7.28. The lowest BCUT2D eigenvalue weighted by Crippen LogP contribution is -2.27. The van der Waals surface area contributed by atoms with Crippen molar-refractivity contribution in [2.24, 2.45) is 0 Å². The van der Waals surface area contributed by atoms with Crippen LogP contribution in [0.2, 0.25) is 10.0 Å². The van der Waals surface area contributed by atoms with E-state index in [0.717, 1.165) is 101 Å². The Bertz CT molecular complexity index is 3740. The van der Waals surface area contributed by atoms with Gasteiger partial charge in [0.2, 0.25) is 0 Å². The first kappa shape index (κ1) is 49.8. The van der Waals surface area contributed by atoms with Gasteiger partial charge < -0.3 is 14.2 Å². The predicted octanol–water partition coefficient (Wildman–Crippen LogP) is 21.4. The second-order valence-corrected chi connectivity index (χ2v) is 26.2. The summed E-state index contributed by atoms with van der Waals surface area (Å²) in [7, 11) is 0. The molecule has 0 aliphatic heterocycles. The Kier molecular flexibility index (Phi) is 11.5. The first-order valence-corrected chi connectivity index (χ1v) is 27.5. The third-order valence-electron chi connectivity index (χ3n) is 16.2. The third-order valence-corrected chi connectivity index (χ3v) is 16.7. The quantitative estimate of drug-likeness (QED) is 0.165. The van der Waals surface area contributed by atoms with Crippen LogP contribution in [-0.4, -0.2) is 0 Å². The summed E-state index contributed by atoms with van der Waals surface area (Å²) in [6.45, 7) is 27.3. The van der Waals surface area contributed by atoms with E-state index in [0.29, 0.717) is 10.0 Å². The summed E-state index contributed by atoms with van der Waals surface area (Å²) in [6, 6.07) is 67.4. The zero-order valence-electron chi connectivity index (χ0n) is 45.9. The lowest BCUT2D eigenvalue weighted by atomic mass is 9.70. The number of furan rings is 1. The van der Waals surface area contributed by atoms with Crippen LogP contribution in [0.25, 0.3) is 44.2 Å². The van der Waals surface area contributed by atoms with E-state index >= 15 is 0 Å². The van der Waals surface area contributed by atoms with Gasteiger partial charge in [0.1, 0.15) is 5.58 Å². The van der Waals surface area contributed by atoms with E-state index in [4.69, 9.17) is 27.6 Å². The molecule has 0 fully saturated rings. The molecule has 0 amide bonds. The number of halogens is 2. The molecule has 0 radical (unpaired) electrons. The lowest BCUT2D eigenvalue weighted by Gasteiger charge is -2.34. The summed E-state index contributed by atoms with van der Waals surface area (Å²) in [4.78, 5) is 4.82. The minimum Gasteiger partial charge on any atom is -0.454 e. The van der Waals surface area contributed by atoms with Crippen molar-refractivity contribution >= 4 is 79.3 Å². The number of fused-ring (bicyclic) bond motifs is 14. The van der Waals surface area contributed by atoms with Crippen molar-refractivity contribution in [2.75, 3.05) is 9.80 Å². The summed E-state index contributed by atoms with van der Waals surface area (Å²) in [5.74, 6) is 0. The van der Waals surface area contributed by atoms with Crippen molar-refractivity contribution in [1.29, 1.82) is 0 Å². The van der Waals surface area contributed by atoms with Crippen LogP contribution in [0.4, 0.5) is 34.1 Å². The zero-order valence-corrected chi connectivity index (χ0v) is 47.4. The number of benzene rings is 9. The van der Waals surface area contributed by atoms with Gasteiger partial charge in [0.25, 0.3) is 0 Å². The molecule has 0 saturated heterocycles. The van der Waals surface area contributed by atoms with Crippen LogP contribution in [0.15, 0.2) is 186 Å². The van der Waals surface area contributed by atoms with Gasteiger partial charge in [0.05, 0.1) is 11.1 Å². The van der Waals surface area contributed by atoms with Gasteiger partial charge in [0.15, 0.2) is 5.58 Å². The van der Waals surface area contributed by atoms with Gasteiger partial charge in [0, 0.05) is 49.3 Å². The van der Waals surface area contributed by atoms with E-state index in [-0.39, 0.29) is 21.7 Å². The Morgan fingerprint density at radius 1 is 0.368 bits per heavy atom. The van der Waals surface area contributed by atoms with Crippen LogP contribution in [-0.2, 0) is 27.1 Å². The van der Waals surface area contributed by atoms with Crippen LogP contribution in [0.5, 0.6) is 0 Å². The lowest BCUT2D eigenvalue weighted by molar-refractivity contribution is 0.590. The zero-order chi connectivity index (χ0) is 53.4. The molecule has 76 heavy (non-hydrogen) atoms. The number of nitrogens with zero attached hydrogens (tertiary/aromatic N) is 2. The van der Waals surface area contributed by atoms with Crippen molar-refractivity contribution < 1.29 is 4.42 Å². The summed E-state index contributed by atoms with van der Waals surface area (Å²) in [5.41, 5.74) is 21.2. The first-order chi connectivity index (χ1) is 36.0. The SMILES string of the molecule is CC(C)(C)c1ccc(N(c2ccc(C(C)(C)C)cc2)c2ccc3c(c2)C2(c4cc(Cl)ccc4-c4ccc(Cl)cc42)c2cc(N(c4ccc(C(C)(C)C)cc4)c4ccc(C(C)(C)C)cc4)c4oc5ccccc5c4c2-3)cc1. The maximum atomic E-state index is 7.28. The van der Waals surface area contributed by atoms with Crippen molar-refractivity contribution in [3.63, 3.8) is 0 Å². The van der Waals surface area contributed by atoms with E-state index in [2.05, 4.69) is 263 Å². The molecule has 0 atom stereocenters. The molecular weight excluding hydrogens is 968 g/mol. The van der Waals surface area contributed by atoms with E-state index in [1.165, 1.54) is 22.3 Å². The van der Waals surface area contributed by atoms with Crippen LogP contribution in [0.3, 0.4) is 0 Å². The van der Waals surface area contributed by atoms with Gasteiger partial charge in [-0.1, -0.05) is 191 Å². The second-order valence-electron chi connectivity index (χ2n) is 25.3. The molecule has 1 spiro atoms. The van der Waals surface area contributed by atoms with Crippen LogP contribution < -0.4 is 9.80 Å². The van der Waals surface area contributed by atoms with Crippen molar-refractivity contribution in [1.82, 2.24) is 0 Å². The average Bonchev–Trinajstić information content (AvgIpc) is 4.06. The Hall–Kier alpha value is -7.04. The van der Waals surface area contributed by atoms with Gasteiger partial charge in [-0.05, 0) is 185 Å². The molecule has 0 N–H and O–H groups in total. The molecule has 9 aromatic carbocycles. The van der Waals surface area contributed by atoms with Crippen molar-refractivity contribution in [3.05, 3.63) is 237 Å². The van der Waals surface area contributed by atoms with Crippen molar-refractivity contribution in [2.45, 2.75) is 110 Å². The van der Waals surface area contributed by atoms with E-state index in [9.17, 15) is 0 Å². The summed E-state index contributed by atoms with van der Waals surface area (Å²) >= 11 is 14.5. The Balaban J connectivity index is 1.20. The Morgan fingerprint density at radius 2 is 0.750 bits per heavy atom. The molecule has 1 aromatic heterocycles. The maximum Gasteiger partial charge on any atom is 0.160 e. The summed E-state index contributed by atoms with van der Waals surface area (Å²) < 4.78 is 7.28. The summed E-state index contributed by atoms with van der Waals surface area (Å²) in [6.07, 6.45) is 0. The molecule has 0 bridgehead atoms. The van der Waals surface area contributed by atoms with Crippen LogP contribution >= 0.6 is 23.2 Å². The normalized spacial score (nSPS) is 13.8. The number of para-hydroxylation sites is 1. The first-order valence-electron chi connectivity index (χ1n) is 26.8. The van der Waals surface area contributed by atoms with Gasteiger partial charge in [-0.3, -0.25) is 0 Å². The molecule has 1 heterocycles. The molecule has 5 heteroatoms. The number of hydrogen-bond donors (Lipinski definition) is 0. The standard InChI is InChI=1S/C71H66Cl2N2O/c1-67(2,3)43-17-27-49(28-18-43)74(50-29-19-44(20-30-50)68(4,5)6)53-35-38-56-60(41-53)71(58-39-47(72)25-36-54(58)55-37-26-48(73)40-59(55)71)61-42-62(66-65(64(56)61)57-15-13-14-16-63(57)76-66)75(51-31-21-45(22-32-51)69(7,8)9)52-33-23-46(24-34-52)70(10,11)12/h13-42H,1-12H3. The van der Waals surface area contributed by atoms with Gasteiger partial charge in [-0.15, -0.1) is 0 Å². The minimum absolute atomic E-state index is 0.00196. The summed E-state index contributed by atoms with van der Waals surface area (Å²) in [5, 5.41) is 3.49. The smallest absolute Gasteiger partial charge is 0.160 e. The number of rotatable bonds is 6. The molecular formula is C71H66Cl2N2O. The Morgan fingerprint density at radius 3 is 1.18 bits per heavy atom. The number of anilines is 6. The van der Waals surface area contributed by atoms with Crippen LogP contribution in [0, 0.1) is 0 Å². The highest BCUT2D eigenvalue weighted by molar-refractivity contribution is 6.31. The van der Waals surface area contributed by atoms with E-state index in [1.807, 2.05) is 12.1 Å². The topological polar surface area (TPSA) is 19.6 Å². The molecule has 380 valence electrons. The highest BCUT2D eigenvalue weighted by Gasteiger charge is 2.54. The van der Waals surface area contributed by atoms with Crippen molar-refractivity contribution in [3.8, 4) is 22.3 Å². The highest BCUT2D eigenvalue weighted by atomic mass is 35.5. The third kappa shape index (κ3) is 7.99. The van der Waals surface area contributed by atoms with E-state index < -0.39 is 5.41 Å². The van der Waals surface area contributed by atoms with Gasteiger partial charge in [-0.2, -0.15) is 0 Å². The Labute approximate surface area is 459 Å². The molecule has 3 nitrogen and oxygen atoms in total. The average molecular weight is 1030 g/mol. The van der Waals surface area contributed by atoms with Gasteiger partial charge >= 0.3 is 0 Å². The second kappa shape index (κ2) is 17.5. The fourth-order valence-corrected chi connectivity index (χ4v) is 12.5. The monoisotopic (exact) mass is 1030 g/mol. The highest BCUT2D eigenvalue weighted by Crippen LogP contribution is 2.67. The van der Waals surface area contributed by atoms with Crippen LogP contribution in [0.1, 0.15) is 128 Å². The molecule has 0 saturated carbocycles. The van der Waals surface area contributed by atoms with Gasteiger partial charge in [-0.25, -0.2) is 0 Å².